The number of piperidine rings is 1. The van der Waals surface area contributed by atoms with Crippen molar-refractivity contribution in [2.75, 3.05) is 54.6 Å². The molecule has 7 nitrogen and oxygen atoms in total. The molecule has 1 saturated heterocycles. The minimum absolute atomic E-state index is 0.148. The van der Waals surface area contributed by atoms with Crippen LogP contribution < -0.4 is 24.8 Å². The van der Waals surface area contributed by atoms with Crippen LogP contribution >= 0.6 is 0 Å². The molecule has 164 valence electrons. The van der Waals surface area contributed by atoms with Gasteiger partial charge in [0.1, 0.15) is 17.2 Å². The average Bonchev–Trinajstić information content (AvgIpc) is 2.73. The molecule has 2 rings (SSSR count). The lowest BCUT2D eigenvalue weighted by molar-refractivity contribution is 0.0744. The zero-order chi connectivity index (χ0) is 21.2. The van der Waals surface area contributed by atoms with Gasteiger partial charge in [-0.25, -0.2) is 8.78 Å². The molecule has 9 heteroatoms. The van der Waals surface area contributed by atoms with Crippen LogP contribution in [0.25, 0.3) is 0 Å². The number of guanidine groups is 1. The number of aliphatic imine (C=N–C) groups is 1. The fourth-order valence-electron chi connectivity index (χ4n) is 3.47. The molecular weight excluding hydrogens is 382 g/mol. The Bertz CT molecular complexity index is 640. The Balaban J connectivity index is 1.86. The summed E-state index contributed by atoms with van der Waals surface area (Å²) in [4.78, 5) is 6.08. The second-order valence-electron chi connectivity index (χ2n) is 6.87. The Morgan fingerprint density at radius 2 is 1.76 bits per heavy atom. The summed E-state index contributed by atoms with van der Waals surface area (Å²) in [5, 5.41) is 6.69. The van der Waals surface area contributed by atoms with Crippen molar-refractivity contribution in [2.45, 2.75) is 31.7 Å². The Kier molecular flexibility index (Phi) is 9.24. The first-order valence-electron chi connectivity index (χ1n) is 9.77. The number of likely N-dealkylation sites (tertiary alicyclic amines) is 1. The van der Waals surface area contributed by atoms with Crippen LogP contribution in [0, 0.1) is 0 Å². The van der Waals surface area contributed by atoms with Crippen LogP contribution in [-0.2, 0) is 6.42 Å². The molecule has 0 atom stereocenters. The fraction of sp³-hybridized carbons (Fsp3) is 0.650. The maximum Gasteiger partial charge on any atom is 0.251 e. The van der Waals surface area contributed by atoms with E-state index in [1.807, 2.05) is 12.1 Å². The van der Waals surface area contributed by atoms with Crippen molar-refractivity contribution >= 4 is 5.96 Å². The van der Waals surface area contributed by atoms with Crippen molar-refractivity contribution in [3.63, 3.8) is 0 Å². The van der Waals surface area contributed by atoms with Crippen LogP contribution in [0.4, 0.5) is 8.78 Å². The van der Waals surface area contributed by atoms with Crippen LogP contribution in [0.15, 0.2) is 17.1 Å². The fourth-order valence-corrected chi connectivity index (χ4v) is 3.47. The van der Waals surface area contributed by atoms with E-state index in [1.165, 1.54) is 0 Å². The number of alkyl halides is 2. The summed E-state index contributed by atoms with van der Waals surface area (Å²) < 4.78 is 41.2. The number of hydrogen-bond donors (Lipinski definition) is 2. The first kappa shape index (κ1) is 23.0. The Hall–Kier alpha value is -2.29. The van der Waals surface area contributed by atoms with E-state index < -0.39 is 6.43 Å². The summed E-state index contributed by atoms with van der Waals surface area (Å²) in [6.45, 7) is 1.81. The van der Waals surface area contributed by atoms with E-state index in [0.717, 1.165) is 18.4 Å². The normalized spacial score (nSPS) is 16.0. The highest BCUT2D eigenvalue weighted by Gasteiger charge is 2.22. The van der Waals surface area contributed by atoms with Gasteiger partial charge < -0.3 is 24.8 Å². The molecular formula is C20H32F2N4O3. The number of benzene rings is 1. The highest BCUT2D eigenvalue weighted by Crippen LogP contribution is 2.34. The van der Waals surface area contributed by atoms with Crippen molar-refractivity contribution in [3.05, 3.63) is 17.7 Å². The van der Waals surface area contributed by atoms with Crippen LogP contribution in [0.5, 0.6) is 17.2 Å². The number of hydrogen-bond acceptors (Lipinski definition) is 5. The number of nitrogens with zero attached hydrogens (tertiary/aromatic N) is 2. The van der Waals surface area contributed by atoms with Gasteiger partial charge in [0.25, 0.3) is 6.43 Å². The van der Waals surface area contributed by atoms with Crippen LogP contribution in [0.1, 0.15) is 18.4 Å². The monoisotopic (exact) mass is 414 g/mol. The smallest absolute Gasteiger partial charge is 0.251 e. The third kappa shape index (κ3) is 6.92. The molecule has 2 N–H and O–H groups in total. The maximum absolute atomic E-state index is 12.5. The van der Waals surface area contributed by atoms with Gasteiger partial charge >= 0.3 is 0 Å². The van der Waals surface area contributed by atoms with Gasteiger partial charge in [0.2, 0.25) is 0 Å². The van der Waals surface area contributed by atoms with E-state index in [0.29, 0.717) is 49.3 Å². The molecule has 0 saturated carbocycles. The first-order chi connectivity index (χ1) is 14.0. The molecule has 1 aliphatic heterocycles. The van der Waals surface area contributed by atoms with Gasteiger partial charge in [-0.3, -0.25) is 9.89 Å². The number of ether oxygens (including phenoxy) is 3. The van der Waals surface area contributed by atoms with Gasteiger partial charge in [-0.05, 0) is 19.3 Å². The predicted octanol–water partition coefficient (Wildman–Crippen LogP) is 2.15. The molecule has 0 bridgehead atoms. The van der Waals surface area contributed by atoms with E-state index in [1.54, 1.807) is 33.3 Å². The van der Waals surface area contributed by atoms with Gasteiger partial charge in [-0.15, -0.1) is 0 Å². The van der Waals surface area contributed by atoms with Gasteiger partial charge in [0, 0.05) is 50.4 Å². The summed E-state index contributed by atoms with van der Waals surface area (Å²) in [6, 6.07) is 3.89. The van der Waals surface area contributed by atoms with E-state index >= 15 is 0 Å². The minimum Gasteiger partial charge on any atom is -0.496 e. The van der Waals surface area contributed by atoms with Gasteiger partial charge in [-0.1, -0.05) is 0 Å². The zero-order valence-electron chi connectivity index (χ0n) is 17.6. The number of rotatable bonds is 9. The third-order valence-electron chi connectivity index (χ3n) is 5.03. The molecule has 1 aliphatic rings. The molecule has 0 aromatic heterocycles. The van der Waals surface area contributed by atoms with E-state index in [9.17, 15) is 8.78 Å². The SMILES string of the molecule is CN=C(NCCc1c(OC)cc(OC)cc1OC)NC1CCN(CC(F)F)CC1. The second kappa shape index (κ2) is 11.6. The summed E-state index contributed by atoms with van der Waals surface area (Å²) in [7, 11) is 6.55. The second-order valence-corrected chi connectivity index (χ2v) is 6.87. The summed E-state index contributed by atoms with van der Waals surface area (Å²) in [5.41, 5.74) is 0.944. The lowest BCUT2D eigenvalue weighted by atomic mass is 10.1. The summed E-state index contributed by atoms with van der Waals surface area (Å²) in [5.74, 6) is 2.78. The van der Waals surface area contributed by atoms with Crippen molar-refractivity contribution in [1.29, 1.82) is 0 Å². The molecule has 1 aromatic carbocycles. The topological polar surface area (TPSA) is 67.4 Å². The van der Waals surface area contributed by atoms with Crippen molar-refractivity contribution in [2.24, 2.45) is 4.99 Å². The molecule has 0 amide bonds. The van der Waals surface area contributed by atoms with Gasteiger partial charge in [-0.2, -0.15) is 0 Å². The van der Waals surface area contributed by atoms with Crippen LogP contribution in [0.3, 0.4) is 0 Å². The third-order valence-corrected chi connectivity index (χ3v) is 5.03. The molecule has 0 aliphatic carbocycles. The Labute approximate surface area is 171 Å². The lowest BCUT2D eigenvalue weighted by Gasteiger charge is -2.32. The first-order valence-corrected chi connectivity index (χ1v) is 9.77. The summed E-state index contributed by atoms with van der Waals surface area (Å²) in [6.07, 6.45) is 0.0196. The van der Waals surface area contributed by atoms with Crippen LogP contribution in [0.2, 0.25) is 0 Å². The summed E-state index contributed by atoms with van der Waals surface area (Å²) >= 11 is 0. The van der Waals surface area contributed by atoms with Gasteiger partial charge in [0.15, 0.2) is 5.96 Å². The highest BCUT2D eigenvalue weighted by atomic mass is 19.3. The molecule has 0 radical (unpaired) electrons. The molecule has 1 fully saturated rings. The highest BCUT2D eigenvalue weighted by molar-refractivity contribution is 5.80. The molecule has 0 unspecified atom stereocenters. The van der Waals surface area contributed by atoms with Gasteiger partial charge in [0.05, 0.1) is 27.9 Å². The van der Waals surface area contributed by atoms with Crippen LogP contribution in [-0.4, -0.2) is 77.9 Å². The van der Waals surface area contributed by atoms with E-state index in [4.69, 9.17) is 14.2 Å². The number of nitrogens with one attached hydrogen (secondary N) is 2. The Morgan fingerprint density at radius 1 is 1.14 bits per heavy atom. The zero-order valence-corrected chi connectivity index (χ0v) is 17.6. The van der Waals surface area contributed by atoms with Crippen molar-refractivity contribution in [3.8, 4) is 17.2 Å². The molecule has 1 heterocycles. The standard InChI is InChI=1S/C20H32F2N4O3/c1-23-20(25-14-6-9-26(10-7-14)13-19(21)22)24-8-5-16-17(28-3)11-15(27-2)12-18(16)29-4/h11-12,14,19H,5-10,13H2,1-4H3,(H2,23,24,25). The predicted molar refractivity (Wildman–Crippen MR) is 110 cm³/mol. The Morgan fingerprint density at radius 3 is 2.24 bits per heavy atom. The molecule has 1 aromatic rings. The number of methoxy groups -OCH3 is 3. The molecule has 0 spiro atoms. The average molecular weight is 414 g/mol. The van der Waals surface area contributed by atoms with E-state index in [-0.39, 0.29) is 12.6 Å². The van der Waals surface area contributed by atoms with Crippen molar-refractivity contribution in [1.82, 2.24) is 15.5 Å². The quantitative estimate of drug-likeness (QED) is 0.477. The lowest BCUT2D eigenvalue weighted by Crippen LogP contribution is -2.49. The largest absolute Gasteiger partial charge is 0.496 e. The maximum atomic E-state index is 12.5. The number of halogens is 2. The minimum atomic E-state index is -2.28. The van der Waals surface area contributed by atoms with Crippen molar-refractivity contribution < 1.29 is 23.0 Å². The van der Waals surface area contributed by atoms with E-state index in [2.05, 4.69) is 15.6 Å². The molecule has 29 heavy (non-hydrogen) atoms.